The Morgan fingerprint density at radius 3 is 1.91 bits per heavy atom. The maximum Gasteiger partial charge on any atom is 0.0248 e. The maximum absolute atomic E-state index is 2.58. The molecule has 0 aromatic rings. The number of hydrogen-bond acceptors (Lipinski definition) is 1. The summed E-state index contributed by atoms with van der Waals surface area (Å²) in [6, 6.07) is 0. The van der Waals surface area contributed by atoms with E-state index in [9.17, 15) is 0 Å². The summed E-state index contributed by atoms with van der Waals surface area (Å²) in [6.45, 7) is 11.6. The molecule has 68 valence electrons. The molecule has 0 bridgehead atoms. The topological polar surface area (TPSA) is 3.24 Å². The molecule has 0 saturated carbocycles. The zero-order valence-corrected chi connectivity index (χ0v) is 10.7. The molecule has 0 saturated heterocycles. The Kier molecular flexibility index (Phi) is 5.87. The van der Waals surface area contributed by atoms with Gasteiger partial charge >= 0.3 is 0 Å². The van der Waals surface area contributed by atoms with Crippen molar-refractivity contribution in [3.05, 3.63) is 0 Å². The molecule has 0 fully saturated rings. The average molecular weight is 173 g/mol. The Balaban J connectivity index is 3.86. The maximum atomic E-state index is 2.58. The van der Waals surface area contributed by atoms with Crippen LogP contribution in [0.2, 0.25) is 0 Å². The van der Waals surface area contributed by atoms with Crippen LogP contribution in [-0.2, 0) is 0 Å². The van der Waals surface area contributed by atoms with Crippen LogP contribution in [0.1, 0.15) is 34.1 Å². The molecule has 2 atom stereocenters. The number of hydrogen-bond donors (Lipinski definition) is 0. The fourth-order valence-electron chi connectivity index (χ4n) is 1.50. The molecule has 11 heavy (non-hydrogen) atoms. The molecule has 0 aliphatic heterocycles. The summed E-state index contributed by atoms with van der Waals surface area (Å²) < 4.78 is 0. The van der Waals surface area contributed by atoms with Gasteiger partial charge in [-0.05, 0) is 24.7 Å². The highest BCUT2D eigenvalue weighted by Crippen LogP contribution is 2.10. The van der Waals surface area contributed by atoms with Crippen LogP contribution in [0.5, 0.6) is 0 Å². The van der Waals surface area contributed by atoms with E-state index < -0.39 is 0 Å². The molecule has 0 N–H and O–H groups in total. The largest absolute Gasteiger partial charge is 0.304 e. The zero-order valence-electron chi connectivity index (χ0n) is 8.72. The summed E-state index contributed by atoms with van der Waals surface area (Å²) >= 11 is 0. The molecular weight excluding hydrogens is 150 g/mol. The first kappa shape index (κ1) is 11.2. The van der Waals surface area contributed by atoms with Gasteiger partial charge in [-0.3, -0.25) is 0 Å². The first-order chi connectivity index (χ1) is 5.17. The van der Waals surface area contributed by atoms with E-state index in [1.807, 2.05) is 0 Å². The van der Waals surface area contributed by atoms with E-state index in [2.05, 4.69) is 32.6 Å². The SMILES string of the molecule is CCC(C)C([SiH3])N(CC)CC. The second kappa shape index (κ2) is 5.78. The normalized spacial score (nSPS) is 17.2. The molecule has 1 nitrogen and oxygen atoms in total. The van der Waals surface area contributed by atoms with Crippen molar-refractivity contribution < 1.29 is 0 Å². The third-order valence-corrected chi connectivity index (χ3v) is 4.72. The minimum Gasteiger partial charge on any atom is -0.304 e. The van der Waals surface area contributed by atoms with E-state index in [4.69, 9.17) is 0 Å². The van der Waals surface area contributed by atoms with Crippen molar-refractivity contribution in [1.82, 2.24) is 4.90 Å². The molecule has 0 aromatic carbocycles. The summed E-state index contributed by atoms with van der Waals surface area (Å²) in [5.41, 5.74) is 0.884. The Labute approximate surface area is 74.6 Å². The zero-order chi connectivity index (χ0) is 8.85. The van der Waals surface area contributed by atoms with Crippen molar-refractivity contribution >= 4 is 10.2 Å². The monoisotopic (exact) mass is 173 g/mol. The van der Waals surface area contributed by atoms with E-state index in [0.717, 1.165) is 11.6 Å². The summed E-state index contributed by atoms with van der Waals surface area (Å²) in [4.78, 5) is 2.58. The standard InChI is InChI=1S/C9H23NSi/c1-5-8(4)9(11)10(6-2)7-3/h8-9H,5-7H2,1-4,11H3. The molecule has 0 spiro atoms. The van der Waals surface area contributed by atoms with Crippen LogP contribution >= 0.6 is 0 Å². The molecule has 0 aliphatic carbocycles. The lowest BCUT2D eigenvalue weighted by molar-refractivity contribution is 0.224. The second-order valence-corrected chi connectivity index (χ2v) is 4.53. The summed E-state index contributed by atoms with van der Waals surface area (Å²) in [7, 11) is 1.31. The van der Waals surface area contributed by atoms with Gasteiger partial charge in [-0.1, -0.05) is 34.1 Å². The van der Waals surface area contributed by atoms with Gasteiger partial charge in [-0.15, -0.1) is 0 Å². The molecule has 0 aromatic heterocycles. The molecule has 0 aliphatic rings. The van der Waals surface area contributed by atoms with Crippen LogP contribution in [0.4, 0.5) is 0 Å². The van der Waals surface area contributed by atoms with E-state index in [1.165, 1.54) is 29.8 Å². The summed E-state index contributed by atoms with van der Waals surface area (Å²) in [5.74, 6) is 0.890. The van der Waals surface area contributed by atoms with Crippen molar-refractivity contribution in [3.8, 4) is 0 Å². The van der Waals surface area contributed by atoms with E-state index >= 15 is 0 Å². The van der Waals surface area contributed by atoms with Crippen LogP contribution in [0, 0.1) is 5.92 Å². The van der Waals surface area contributed by atoms with E-state index in [0.29, 0.717) is 0 Å². The molecule has 0 radical (unpaired) electrons. The summed E-state index contributed by atoms with van der Waals surface area (Å²) in [6.07, 6.45) is 1.32. The Bertz CT molecular complexity index is 91.6. The molecule has 0 rings (SSSR count). The van der Waals surface area contributed by atoms with E-state index in [-0.39, 0.29) is 0 Å². The Hall–Kier alpha value is 0.177. The molecule has 0 heterocycles. The van der Waals surface area contributed by atoms with Gasteiger partial charge in [0.05, 0.1) is 0 Å². The van der Waals surface area contributed by atoms with Crippen molar-refractivity contribution in [2.75, 3.05) is 13.1 Å². The Morgan fingerprint density at radius 2 is 1.64 bits per heavy atom. The smallest absolute Gasteiger partial charge is 0.0248 e. The van der Waals surface area contributed by atoms with Gasteiger partial charge in [-0.2, -0.15) is 0 Å². The number of rotatable bonds is 5. The lowest BCUT2D eigenvalue weighted by atomic mass is 10.1. The minimum atomic E-state index is 0.884. The highest BCUT2D eigenvalue weighted by atomic mass is 28.1. The number of nitrogens with zero attached hydrogens (tertiary/aromatic N) is 1. The highest BCUT2D eigenvalue weighted by molar-refractivity contribution is 6.11. The van der Waals surface area contributed by atoms with Gasteiger partial charge in [0.15, 0.2) is 0 Å². The molecule has 0 amide bonds. The average Bonchev–Trinajstić information content (AvgIpc) is 2.05. The third kappa shape index (κ3) is 3.39. The molecule has 2 heteroatoms. The van der Waals surface area contributed by atoms with Gasteiger partial charge in [-0.25, -0.2) is 0 Å². The predicted molar refractivity (Wildman–Crippen MR) is 56.1 cm³/mol. The van der Waals surface area contributed by atoms with Crippen molar-refractivity contribution in [1.29, 1.82) is 0 Å². The van der Waals surface area contributed by atoms with Crippen molar-refractivity contribution in [2.45, 2.75) is 39.8 Å². The van der Waals surface area contributed by atoms with Gasteiger partial charge < -0.3 is 4.90 Å². The fourth-order valence-corrected chi connectivity index (χ4v) is 2.70. The Morgan fingerprint density at radius 1 is 1.18 bits per heavy atom. The van der Waals surface area contributed by atoms with Crippen LogP contribution in [0.3, 0.4) is 0 Å². The lowest BCUT2D eigenvalue weighted by Gasteiger charge is -2.30. The van der Waals surface area contributed by atoms with E-state index in [1.54, 1.807) is 0 Å². The van der Waals surface area contributed by atoms with Gasteiger partial charge in [0.1, 0.15) is 0 Å². The van der Waals surface area contributed by atoms with Crippen LogP contribution in [0.15, 0.2) is 0 Å². The van der Waals surface area contributed by atoms with Gasteiger partial charge in [0, 0.05) is 10.2 Å². The first-order valence-electron chi connectivity index (χ1n) is 4.91. The molecule has 2 unspecified atom stereocenters. The second-order valence-electron chi connectivity index (χ2n) is 3.35. The third-order valence-electron chi connectivity index (χ3n) is 2.86. The highest BCUT2D eigenvalue weighted by Gasteiger charge is 2.14. The predicted octanol–water partition coefficient (Wildman–Crippen LogP) is 1.07. The summed E-state index contributed by atoms with van der Waals surface area (Å²) in [5, 5.41) is 0. The molecular formula is C9H23NSi. The van der Waals surface area contributed by atoms with Crippen molar-refractivity contribution in [2.24, 2.45) is 5.92 Å². The minimum absolute atomic E-state index is 0.884. The van der Waals surface area contributed by atoms with Crippen LogP contribution in [0.25, 0.3) is 0 Å². The van der Waals surface area contributed by atoms with Crippen molar-refractivity contribution in [3.63, 3.8) is 0 Å². The first-order valence-corrected chi connectivity index (χ1v) is 6.06. The van der Waals surface area contributed by atoms with Crippen LogP contribution in [-0.4, -0.2) is 33.9 Å². The quantitative estimate of drug-likeness (QED) is 0.562. The fraction of sp³-hybridized carbons (Fsp3) is 1.00. The lowest BCUT2D eigenvalue weighted by Crippen LogP contribution is -2.39. The van der Waals surface area contributed by atoms with Gasteiger partial charge in [0.25, 0.3) is 0 Å². The van der Waals surface area contributed by atoms with Gasteiger partial charge in [0.2, 0.25) is 0 Å². The van der Waals surface area contributed by atoms with Crippen LogP contribution < -0.4 is 0 Å².